The van der Waals surface area contributed by atoms with E-state index in [4.69, 9.17) is 0 Å². The minimum absolute atomic E-state index is 0.0523. The number of hydrogen-bond donors (Lipinski definition) is 0. The van der Waals surface area contributed by atoms with Crippen LogP contribution in [0.2, 0.25) is 0 Å². The highest BCUT2D eigenvalue weighted by molar-refractivity contribution is 5.60. The molecule has 0 amide bonds. The molecule has 1 aliphatic heterocycles. The lowest BCUT2D eigenvalue weighted by atomic mass is 10.1. The molecule has 0 unspecified atom stereocenters. The second-order valence-corrected chi connectivity index (χ2v) is 3.02. The van der Waals surface area contributed by atoms with Gasteiger partial charge in [0.1, 0.15) is 0 Å². The fourth-order valence-corrected chi connectivity index (χ4v) is 1.57. The molecular weight excluding hydrogens is 186 g/mol. The fraction of sp³-hybridized carbons (Fsp3) is 0.250. The van der Waals surface area contributed by atoms with E-state index in [0.29, 0.717) is 18.7 Å². The van der Waals surface area contributed by atoms with Crippen LogP contribution in [0, 0.1) is 15.0 Å². The quantitative estimate of drug-likeness (QED) is 0.406. The van der Waals surface area contributed by atoms with Crippen LogP contribution in [0.15, 0.2) is 23.5 Å². The molecular formula is C8H7N3O3. The van der Waals surface area contributed by atoms with Gasteiger partial charge in [-0.3, -0.25) is 10.1 Å². The number of anilines is 1. The largest absolute Gasteiger partial charge is 0.269 e. The maximum absolute atomic E-state index is 10.5. The first-order valence-electron chi connectivity index (χ1n) is 4.10. The molecule has 0 aromatic heterocycles. The van der Waals surface area contributed by atoms with Crippen LogP contribution in [0.5, 0.6) is 0 Å². The zero-order chi connectivity index (χ0) is 10.1. The van der Waals surface area contributed by atoms with Crippen LogP contribution >= 0.6 is 0 Å². The van der Waals surface area contributed by atoms with Crippen molar-refractivity contribution in [3.05, 3.63) is 38.8 Å². The molecule has 2 rings (SSSR count). The van der Waals surface area contributed by atoms with Gasteiger partial charge in [0.05, 0.1) is 15.9 Å². The van der Waals surface area contributed by atoms with Crippen LogP contribution < -0.4 is 5.01 Å². The standard InChI is InChI=1S/C8H7N3O3/c12-9-10-4-3-6-5-7(11(13)14)1-2-8(6)10/h1-2,5H,3-4H2. The summed E-state index contributed by atoms with van der Waals surface area (Å²) in [4.78, 5) is 20.3. The minimum atomic E-state index is -0.447. The highest BCUT2D eigenvalue weighted by Crippen LogP contribution is 2.30. The van der Waals surface area contributed by atoms with Gasteiger partial charge in [-0.1, -0.05) is 0 Å². The van der Waals surface area contributed by atoms with Gasteiger partial charge in [-0.05, 0) is 18.1 Å². The molecule has 6 nitrogen and oxygen atoms in total. The maximum atomic E-state index is 10.5. The van der Waals surface area contributed by atoms with Crippen LogP contribution in [-0.4, -0.2) is 11.5 Å². The molecule has 0 fully saturated rings. The van der Waals surface area contributed by atoms with Crippen molar-refractivity contribution in [2.24, 2.45) is 5.29 Å². The molecule has 0 atom stereocenters. The molecule has 0 spiro atoms. The number of rotatable bonds is 2. The summed E-state index contributed by atoms with van der Waals surface area (Å²) in [6, 6.07) is 4.42. The monoisotopic (exact) mass is 193 g/mol. The summed E-state index contributed by atoms with van der Waals surface area (Å²) in [6.07, 6.45) is 0.628. The Morgan fingerprint density at radius 2 is 2.29 bits per heavy atom. The van der Waals surface area contributed by atoms with Crippen molar-refractivity contribution in [1.82, 2.24) is 0 Å². The van der Waals surface area contributed by atoms with Crippen LogP contribution in [0.25, 0.3) is 0 Å². The molecule has 1 aromatic carbocycles. The van der Waals surface area contributed by atoms with E-state index in [1.54, 1.807) is 6.07 Å². The van der Waals surface area contributed by atoms with Crippen molar-refractivity contribution >= 4 is 11.4 Å². The number of hydrogen-bond acceptors (Lipinski definition) is 4. The summed E-state index contributed by atoms with van der Waals surface area (Å²) in [5.41, 5.74) is 1.53. The predicted octanol–water partition coefficient (Wildman–Crippen LogP) is 1.64. The van der Waals surface area contributed by atoms with E-state index in [2.05, 4.69) is 5.29 Å². The molecule has 0 bridgehead atoms. The van der Waals surface area contributed by atoms with Gasteiger partial charge in [-0.2, -0.15) is 0 Å². The topological polar surface area (TPSA) is 75.8 Å². The molecule has 1 aliphatic rings. The summed E-state index contributed by atoms with van der Waals surface area (Å²) >= 11 is 0. The SMILES string of the molecule is O=NN1CCc2cc([N+](=O)[O-])ccc21. The average Bonchev–Trinajstić information content (AvgIpc) is 2.59. The van der Waals surface area contributed by atoms with Gasteiger partial charge in [0, 0.05) is 18.7 Å². The normalized spacial score (nSPS) is 13.9. The Morgan fingerprint density at radius 3 is 2.93 bits per heavy atom. The van der Waals surface area contributed by atoms with E-state index in [9.17, 15) is 15.0 Å². The average molecular weight is 193 g/mol. The van der Waals surface area contributed by atoms with Gasteiger partial charge in [0.15, 0.2) is 0 Å². The van der Waals surface area contributed by atoms with Crippen molar-refractivity contribution in [3.8, 4) is 0 Å². The Morgan fingerprint density at radius 1 is 1.50 bits per heavy atom. The summed E-state index contributed by atoms with van der Waals surface area (Å²) in [5.74, 6) is 0. The number of benzene rings is 1. The fourth-order valence-electron chi connectivity index (χ4n) is 1.57. The number of fused-ring (bicyclic) bond motifs is 1. The van der Waals surface area contributed by atoms with E-state index in [0.717, 1.165) is 5.56 Å². The number of nitro groups is 1. The van der Waals surface area contributed by atoms with Crippen molar-refractivity contribution in [1.29, 1.82) is 0 Å². The van der Waals surface area contributed by atoms with E-state index in [1.165, 1.54) is 17.1 Å². The Bertz CT molecular complexity index is 405. The highest BCUT2D eigenvalue weighted by Gasteiger charge is 2.21. The number of nitro benzene ring substituents is 1. The summed E-state index contributed by atoms with van der Waals surface area (Å²) < 4.78 is 0. The molecule has 0 saturated heterocycles. The Labute approximate surface area is 79.2 Å². The molecule has 72 valence electrons. The van der Waals surface area contributed by atoms with Crippen molar-refractivity contribution in [2.75, 3.05) is 11.6 Å². The third-order valence-corrected chi connectivity index (χ3v) is 2.24. The highest BCUT2D eigenvalue weighted by atomic mass is 16.6. The smallest absolute Gasteiger partial charge is 0.258 e. The first-order valence-corrected chi connectivity index (χ1v) is 4.10. The Kier molecular flexibility index (Phi) is 1.88. The number of nitrogens with zero attached hydrogens (tertiary/aromatic N) is 3. The van der Waals surface area contributed by atoms with Crippen LogP contribution in [0.1, 0.15) is 5.56 Å². The first-order chi connectivity index (χ1) is 6.72. The van der Waals surface area contributed by atoms with Gasteiger partial charge in [0.25, 0.3) is 5.69 Å². The maximum Gasteiger partial charge on any atom is 0.269 e. The molecule has 0 saturated carbocycles. The first kappa shape index (κ1) is 8.61. The number of non-ortho nitro benzene ring substituents is 1. The minimum Gasteiger partial charge on any atom is -0.258 e. The third kappa shape index (κ3) is 1.20. The second-order valence-electron chi connectivity index (χ2n) is 3.02. The van der Waals surface area contributed by atoms with E-state index < -0.39 is 4.92 Å². The van der Waals surface area contributed by atoms with Crippen LogP contribution in [0.4, 0.5) is 11.4 Å². The zero-order valence-electron chi connectivity index (χ0n) is 7.21. The van der Waals surface area contributed by atoms with Gasteiger partial charge in [-0.25, -0.2) is 5.01 Å². The van der Waals surface area contributed by atoms with Gasteiger partial charge < -0.3 is 0 Å². The molecule has 14 heavy (non-hydrogen) atoms. The molecule has 0 N–H and O–H groups in total. The summed E-state index contributed by atoms with van der Waals surface area (Å²) in [6.45, 7) is 0.500. The van der Waals surface area contributed by atoms with Crippen molar-refractivity contribution < 1.29 is 4.92 Å². The van der Waals surface area contributed by atoms with Gasteiger partial charge in [-0.15, -0.1) is 4.91 Å². The molecule has 1 aromatic rings. The summed E-state index contributed by atoms with van der Waals surface area (Å²) in [7, 11) is 0. The lowest BCUT2D eigenvalue weighted by Gasteiger charge is -2.06. The zero-order valence-corrected chi connectivity index (χ0v) is 7.21. The molecule has 0 aliphatic carbocycles. The lowest BCUT2D eigenvalue weighted by Crippen LogP contribution is -2.10. The van der Waals surface area contributed by atoms with E-state index >= 15 is 0 Å². The van der Waals surface area contributed by atoms with E-state index in [1.807, 2.05) is 0 Å². The second kappa shape index (κ2) is 3.06. The Balaban J connectivity index is 2.43. The van der Waals surface area contributed by atoms with E-state index in [-0.39, 0.29) is 5.69 Å². The molecule has 6 heteroatoms. The Hall–Kier alpha value is -1.98. The van der Waals surface area contributed by atoms with Crippen molar-refractivity contribution in [2.45, 2.75) is 6.42 Å². The molecule has 0 radical (unpaired) electrons. The third-order valence-electron chi connectivity index (χ3n) is 2.24. The summed E-state index contributed by atoms with van der Waals surface area (Å²) in [5, 5.41) is 14.6. The molecule has 1 heterocycles. The van der Waals surface area contributed by atoms with Gasteiger partial charge in [0.2, 0.25) is 0 Å². The lowest BCUT2D eigenvalue weighted by molar-refractivity contribution is -0.384. The van der Waals surface area contributed by atoms with Crippen molar-refractivity contribution in [3.63, 3.8) is 0 Å². The van der Waals surface area contributed by atoms with Crippen LogP contribution in [-0.2, 0) is 6.42 Å². The predicted molar refractivity (Wildman–Crippen MR) is 49.9 cm³/mol. The van der Waals surface area contributed by atoms with Gasteiger partial charge >= 0.3 is 0 Å². The number of nitroso groups, excluding NO2 is 1. The van der Waals surface area contributed by atoms with Crippen LogP contribution in [0.3, 0.4) is 0 Å².